The monoisotopic (exact) mass is 1050 g/mol. The summed E-state index contributed by atoms with van der Waals surface area (Å²) in [5.74, 6) is -6.78. The first-order valence-electron chi connectivity index (χ1n) is 28.0. The van der Waals surface area contributed by atoms with Crippen molar-refractivity contribution in [1.82, 2.24) is 5.32 Å². The molecule has 74 heavy (non-hydrogen) atoms. The number of rotatable bonds is 10. The number of carbonyl (C=O) groups excluding carboxylic acids is 4. The first kappa shape index (κ1) is 52.1. The summed E-state index contributed by atoms with van der Waals surface area (Å²) in [6.07, 6.45) is 1.32. The minimum atomic E-state index is -1.94. The highest BCUT2D eigenvalue weighted by molar-refractivity contribution is 5.83. The highest BCUT2D eigenvalue weighted by Gasteiger charge is 2.73. The molecule has 0 unspecified atom stereocenters. The molecule has 24 atom stereocenters. The largest absolute Gasteiger partial charge is 0.435 e. The lowest BCUT2D eigenvalue weighted by Gasteiger charge is -2.60. The summed E-state index contributed by atoms with van der Waals surface area (Å²) in [6.45, 7) is 19.2. The number of nitrogens with one attached hydrogen (secondary N) is 1. The van der Waals surface area contributed by atoms with E-state index in [1.807, 2.05) is 41.5 Å². The molecule has 15 fully saturated rings. The standard InChI is InChI=1S/C54H79NO19/c1-26-11-14-36-29(4)42(63-45-52(36)33(26)17-20-48(8,66-45)69-72-52)60-39(57)23-51(55-32(7)56,24-40(58)61-43-30(5)37-15-12-27(2)34-18-21-49(9)67-46(64-43)53(34,37)73-70-49)25-41(59)62-44-31(6)38-16-13-28(3)35-19-22-50(10)68-47(65-44)54(35,38)74-71-50/h26-31,33-38,42-47H,11-25H2,1-10H3,(H,55,56)/t26-,27-,28-,29-,30-,31-,33+,34+,35+,36+,37+,38+,42-,43-,44-,45-,46-,47-,48+,49+,50+,52-,53-,54-/m1/s1. The molecule has 0 aromatic heterocycles. The second-order valence-corrected chi connectivity index (χ2v) is 25.8. The van der Waals surface area contributed by atoms with Crippen LogP contribution >= 0.6 is 0 Å². The van der Waals surface area contributed by atoms with Gasteiger partial charge < -0.3 is 47.9 Å². The number of carbonyl (C=O) groups is 4. The molecule has 15 aliphatic rings. The van der Waals surface area contributed by atoms with Crippen molar-refractivity contribution in [2.24, 2.45) is 71.0 Å². The van der Waals surface area contributed by atoms with Crippen molar-refractivity contribution in [2.75, 3.05) is 0 Å². The van der Waals surface area contributed by atoms with Crippen LogP contribution in [0.15, 0.2) is 0 Å². The maximum absolute atomic E-state index is 14.8. The molecular formula is C54H79NO19. The second kappa shape index (κ2) is 18.2. The Labute approximate surface area is 433 Å². The third-order valence-corrected chi connectivity index (χ3v) is 20.9. The SMILES string of the molecule is CC(=O)NC(CC(=O)O[C@@H]1O[C@@H]2O[C@]3(C)CC[C@H]4[C@H](C)CC[C@@H]([C@H]1C)[C@@]24OO3)(CC(=O)O[C@@H]1O[C@@H]2O[C@]3(C)CC[C@H]4[C@H](C)CC[C@@H]([C@H]1C)[C@@]24OO3)CC(=O)O[C@@H]1O[C@@H]2O[C@]3(C)CC[C@H]4[C@H](C)CC[C@@H]([C@H]1C)[C@@]24OO3. The van der Waals surface area contributed by atoms with Crippen molar-refractivity contribution in [2.45, 2.75) is 243 Å². The van der Waals surface area contributed by atoms with E-state index in [1.54, 1.807) is 0 Å². The highest BCUT2D eigenvalue weighted by Crippen LogP contribution is 2.64. The Hall–Kier alpha value is -2.60. The molecule has 12 heterocycles. The highest BCUT2D eigenvalue weighted by atomic mass is 17.3. The van der Waals surface area contributed by atoms with Gasteiger partial charge in [0.1, 0.15) is 0 Å². The van der Waals surface area contributed by atoms with E-state index in [-0.39, 0.29) is 53.3 Å². The normalized spacial score (nSPS) is 52.7. The van der Waals surface area contributed by atoms with Crippen molar-refractivity contribution in [3.63, 3.8) is 0 Å². The van der Waals surface area contributed by atoms with Crippen LogP contribution in [0.3, 0.4) is 0 Å². The molecule has 3 aliphatic carbocycles. The van der Waals surface area contributed by atoms with Crippen molar-refractivity contribution >= 4 is 23.8 Å². The first-order valence-corrected chi connectivity index (χ1v) is 28.0. The molecule has 20 heteroatoms. The predicted octanol–water partition coefficient (Wildman–Crippen LogP) is 7.29. The van der Waals surface area contributed by atoms with Crippen LogP contribution in [0.25, 0.3) is 0 Å². The minimum absolute atomic E-state index is 0.0783. The number of amides is 1. The fourth-order valence-electron chi connectivity index (χ4n) is 17.1. The summed E-state index contributed by atoms with van der Waals surface area (Å²) >= 11 is 0. The number of hydrogen-bond acceptors (Lipinski definition) is 19. The van der Waals surface area contributed by atoms with Crippen molar-refractivity contribution in [3.8, 4) is 0 Å². The molecule has 1 amide bonds. The van der Waals surface area contributed by atoms with E-state index in [0.717, 1.165) is 57.8 Å². The minimum Gasteiger partial charge on any atom is -0.435 e. The molecule has 0 aromatic rings. The molecule has 0 aromatic carbocycles. The fraction of sp³-hybridized carbons (Fsp3) is 0.926. The second-order valence-electron chi connectivity index (χ2n) is 25.8. The lowest BCUT2D eigenvalue weighted by Crippen LogP contribution is -2.70. The number of hydrogen-bond donors (Lipinski definition) is 1. The Morgan fingerprint density at radius 2 is 0.743 bits per heavy atom. The van der Waals surface area contributed by atoms with E-state index in [9.17, 15) is 19.2 Å². The van der Waals surface area contributed by atoms with Gasteiger partial charge in [0.25, 0.3) is 0 Å². The molecule has 12 saturated heterocycles. The zero-order valence-corrected chi connectivity index (χ0v) is 44.8. The predicted molar refractivity (Wildman–Crippen MR) is 249 cm³/mol. The molecule has 20 nitrogen and oxygen atoms in total. The van der Waals surface area contributed by atoms with Crippen LogP contribution in [0.1, 0.15) is 166 Å². The summed E-state index contributed by atoms with van der Waals surface area (Å²) in [5.41, 5.74) is -4.68. The molecule has 6 bridgehead atoms. The summed E-state index contributed by atoms with van der Waals surface area (Å²) in [5, 5.41) is 2.84. The van der Waals surface area contributed by atoms with Gasteiger partial charge in [-0.15, -0.1) is 0 Å². The Kier molecular flexibility index (Phi) is 12.8. The summed E-state index contributed by atoms with van der Waals surface area (Å²) in [4.78, 5) is 94.7. The third kappa shape index (κ3) is 8.08. The number of esters is 3. The van der Waals surface area contributed by atoms with Crippen LogP contribution in [-0.4, -0.2) is 101 Å². The van der Waals surface area contributed by atoms with Crippen molar-refractivity contribution in [3.05, 3.63) is 0 Å². The first-order chi connectivity index (χ1) is 35.0. The third-order valence-electron chi connectivity index (χ3n) is 20.9. The average Bonchev–Trinajstić information content (AvgIpc) is 3.85. The molecular weight excluding hydrogens is 967 g/mol. The Balaban J connectivity index is 0.819. The molecule has 1 N–H and O–H groups in total. The zero-order chi connectivity index (χ0) is 52.1. The van der Waals surface area contributed by atoms with Crippen LogP contribution < -0.4 is 5.32 Å². The molecule has 12 aliphatic heterocycles. The van der Waals surface area contributed by atoms with E-state index in [2.05, 4.69) is 26.1 Å². The maximum Gasteiger partial charge on any atom is 0.310 e. The Morgan fingerprint density at radius 3 is 1.03 bits per heavy atom. The van der Waals surface area contributed by atoms with Gasteiger partial charge in [0.2, 0.25) is 42.1 Å². The topological polar surface area (TPSA) is 219 Å². The quantitative estimate of drug-likeness (QED) is 0.129. The zero-order valence-electron chi connectivity index (χ0n) is 44.8. The Bertz CT molecular complexity index is 2010. The van der Waals surface area contributed by atoms with E-state index in [0.29, 0.717) is 37.0 Å². The van der Waals surface area contributed by atoms with Crippen LogP contribution in [0.5, 0.6) is 0 Å². The molecule has 15 rings (SSSR count). The van der Waals surface area contributed by atoms with Crippen molar-refractivity contribution < 1.29 is 91.1 Å². The summed E-state index contributed by atoms with van der Waals surface area (Å²) in [7, 11) is 0. The van der Waals surface area contributed by atoms with Gasteiger partial charge in [0, 0.05) is 61.7 Å². The van der Waals surface area contributed by atoms with Gasteiger partial charge in [-0.05, 0) is 114 Å². The summed E-state index contributed by atoms with van der Waals surface area (Å²) < 4.78 is 58.3. The lowest BCUT2D eigenvalue weighted by molar-refractivity contribution is -0.576. The smallest absolute Gasteiger partial charge is 0.310 e. The van der Waals surface area contributed by atoms with E-state index < -0.39 is 121 Å². The van der Waals surface area contributed by atoms with Gasteiger partial charge in [-0.25, -0.2) is 29.3 Å². The number of ether oxygens (including phenoxy) is 9. The van der Waals surface area contributed by atoms with E-state index in [4.69, 9.17) is 72.0 Å². The van der Waals surface area contributed by atoms with Crippen LogP contribution in [0.4, 0.5) is 0 Å². The Morgan fingerprint density at radius 1 is 0.446 bits per heavy atom. The summed E-state index contributed by atoms with van der Waals surface area (Å²) in [6, 6.07) is 0. The van der Waals surface area contributed by atoms with Crippen LogP contribution in [0.2, 0.25) is 0 Å². The van der Waals surface area contributed by atoms with Gasteiger partial charge in [0.15, 0.2) is 35.7 Å². The van der Waals surface area contributed by atoms with Gasteiger partial charge >= 0.3 is 17.9 Å². The van der Waals surface area contributed by atoms with E-state index >= 15 is 0 Å². The van der Waals surface area contributed by atoms with Gasteiger partial charge in [-0.1, -0.05) is 41.5 Å². The van der Waals surface area contributed by atoms with Crippen LogP contribution in [-0.2, 0) is 91.1 Å². The maximum atomic E-state index is 14.8. The van der Waals surface area contributed by atoms with E-state index in [1.165, 1.54) is 6.92 Å². The molecule has 0 radical (unpaired) electrons. The molecule has 3 spiro atoms. The van der Waals surface area contributed by atoms with Gasteiger partial charge in [0.05, 0.1) is 24.8 Å². The van der Waals surface area contributed by atoms with Crippen molar-refractivity contribution in [1.29, 1.82) is 0 Å². The number of fused-ring (bicyclic) bond motifs is 6. The average molecular weight is 1050 g/mol. The van der Waals surface area contributed by atoms with Gasteiger partial charge in [-0.2, -0.15) is 0 Å². The lowest BCUT2D eigenvalue weighted by atomic mass is 9.58. The van der Waals surface area contributed by atoms with Gasteiger partial charge in [-0.3, -0.25) is 19.2 Å². The van der Waals surface area contributed by atoms with Crippen LogP contribution in [0, 0.1) is 71.0 Å². The fourth-order valence-corrected chi connectivity index (χ4v) is 17.1. The molecule has 414 valence electrons. The molecule has 3 saturated carbocycles.